The highest BCUT2D eigenvalue weighted by Gasteiger charge is 2.21. The van der Waals surface area contributed by atoms with Gasteiger partial charge in [-0.15, -0.1) is 0 Å². The first-order valence-electron chi connectivity index (χ1n) is 14.9. The summed E-state index contributed by atoms with van der Waals surface area (Å²) >= 11 is 0. The summed E-state index contributed by atoms with van der Waals surface area (Å²) in [5.41, 5.74) is 11.7. The zero-order valence-corrected chi connectivity index (χ0v) is 24.6. The summed E-state index contributed by atoms with van der Waals surface area (Å²) in [4.78, 5) is 9.83. The molecule has 0 fully saturated rings. The highest BCUT2D eigenvalue weighted by atomic mass is 15.1. The molecule has 4 nitrogen and oxygen atoms in total. The van der Waals surface area contributed by atoms with Gasteiger partial charge in [-0.05, 0) is 69.8 Å². The van der Waals surface area contributed by atoms with E-state index in [-0.39, 0.29) is 0 Å². The van der Waals surface area contributed by atoms with Crippen LogP contribution in [-0.4, -0.2) is 19.1 Å². The van der Waals surface area contributed by atoms with Crippen LogP contribution in [0, 0.1) is 0 Å². The lowest BCUT2D eigenvalue weighted by molar-refractivity contribution is 0.691. The van der Waals surface area contributed by atoms with Crippen LogP contribution in [0.4, 0.5) is 0 Å². The van der Waals surface area contributed by atoms with Crippen molar-refractivity contribution in [3.63, 3.8) is 0 Å². The predicted octanol–water partition coefficient (Wildman–Crippen LogP) is 9.65. The van der Waals surface area contributed by atoms with Gasteiger partial charge in [0, 0.05) is 36.8 Å². The van der Waals surface area contributed by atoms with Crippen molar-refractivity contribution < 1.29 is 0 Å². The summed E-state index contributed by atoms with van der Waals surface area (Å²) in [5, 5.41) is 2.47. The van der Waals surface area contributed by atoms with E-state index in [1.165, 1.54) is 38.7 Å². The summed E-state index contributed by atoms with van der Waals surface area (Å²) in [6.07, 6.45) is 5.46. The first-order chi connectivity index (χ1) is 21.0. The van der Waals surface area contributed by atoms with Gasteiger partial charge in [0.25, 0.3) is 0 Å². The third-order valence-corrected chi connectivity index (χ3v) is 8.98. The Morgan fingerprint density at radius 1 is 0.581 bits per heavy atom. The molecule has 0 radical (unpaired) electrons. The standard InChI is InChI=1S/C39H32N4/c1-25-7-6-9-35-37(25)43(3)39(41-35)30-19-13-27(14-20-30)32-22-16-28-15-21-31(23-33(28)24-32)26-11-17-29(18-12-26)38-40-34-8-4-5-10-36(34)42(38)2/h4-6,8-25H,7H2,1-3H3. The second kappa shape index (κ2) is 9.95. The number of hydrogen-bond donors (Lipinski definition) is 0. The minimum atomic E-state index is 0.493. The SMILES string of the molecule is CC1CC=Cc2nc(-c3ccc(-c4ccc5ccc(-c6ccc(-c7nc8ccccc8n7C)cc6)cc5c4)cc3)n(C)c21. The van der Waals surface area contributed by atoms with Crippen LogP contribution >= 0.6 is 0 Å². The Morgan fingerprint density at radius 3 is 1.74 bits per heavy atom. The molecule has 7 aromatic rings. The molecular formula is C39H32N4. The molecule has 0 N–H and O–H groups in total. The predicted molar refractivity (Wildman–Crippen MR) is 179 cm³/mol. The average molecular weight is 557 g/mol. The Kier molecular flexibility index (Phi) is 5.90. The summed E-state index contributed by atoms with van der Waals surface area (Å²) < 4.78 is 4.43. The van der Waals surface area contributed by atoms with Crippen LogP contribution in [0.1, 0.15) is 30.7 Å². The van der Waals surface area contributed by atoms with Gasteiger partial charge in [0.1, 0.15) is 11.6 Å². The molecule has 4 heteroatoms. The van der Waals surface area contributed by atoms with Gasteiger partial charge < -0.3 is 9.13 Å². The van der Waals surface area contributed by atoms with Crippen LogP contribution in [0.5, 0.6) is 0 Å². The summed E-state index contributed by atoms with van der Waals surface area (Å²) in [7, 11) is 4.22. The minimum Gasteiger partial charge on any atom is -0.330 e. The van der Waals surface area contributed by atoms with Crippen molar-refractivity contribution in [2.75, 3.05) is 0 Å². The maximum atomic E-state index is 4.96. The molecule has 0 bridgehead atoms. The fourth-order valence-corrected chi connectivity index (χ4v) is 6.62. The van der Waals surface area contributed by atoms with E-state index in [0.717, 1.165) is 45.9 Å². The number of allylic oxidation sites excluding steroid dienone is 1. The quantitative estimate of drug-likeness (QED) is 0.216. The lowest BCUT2D eigenvalue weighted by Gasteiger charge is -2.15. The van der Waals surface area contributed by atoms with E-state index >= 15 is 0 Å². The lowest BCUT2D eigenvalue weighted by atomic mass is 9.96. The second-order valence-electron chi connectivity index (χ2n) is 11.7. The molecule has 1 aliphatic carbocycles. The molecule has 0 saturated heterocycles. The van der Waals surface area contributed by atoms with E-state index in [2.05, 4.69) is 145 Å². The molecule has 2 heterocycles. The van der Waals surface area contributed by atoms with E-state index in [9.17, 15) is 0 Å². The number of aryl methyl sites for hydroxylation is 1. The number of rotatable bonds is 4. The summed E-state index contributed by atoms with van der Waals surface area (Å²) in [6, 6.07) is 39.3. The monoisotopic (exact) mass is 556 g/mol. The van der Waals surface area contributed by atoms with E-state index in [1.54, 1.807) is 0 Å². The van der Waals surface area contributed by atoms with Gasteiger partial charge in [0.05, 0.1) is 16.7 Å². The van der Waals surface area contributed by atoms with Gasteiger partial charge in [-0.1, -0.05) is 97.9 Å². The number of imidazole rings is 2. The Balaban J connectivity index is 1.08. The van der Waals surface area contributed by atoms with Crippen molar-refractivity contribution in [1.29, 1.82) is 0 Å². The van der Waals surface area contributed by atoms with Gasteiger partial charge >= 0.3 is 0 Å². The van der Waals surface area contributed by atoms with Gasteiger partial charge in [-0.3, -0.25) is 0 Å². The minimum absolute atomic E-state index is 0.493. The topological polar surface area (TPSA) is 35.6 Å². The van der Waals surface area contributed by atoms with E-state index in [0.29, 0.717) is 5.92 Å². The maximum absolute atomic E-state index is 4.96. The number of benzene rings is 5. The third kappa shape index (κ3) is 4.29. The Bertz CT molecular complexity index is 2180. The Morgan fingerprint density at radius 2 is 1.14 bits per heavy atom. The molecular weight excluding hydrogens is 524 g/mol. The van der Waals surface area contributed by atoms with Crippen LogP contribution < -0.4 is 0 Å². The fourth-order valence-electron chi connectivity index (χ4n) is 6.62. The van der Waals surface area contributed by atoms with Crippen molar-refractivity contribution in [1.82, 2.24) is 19.1 Å². The van der Waals surface area contributed by atoms with Gasteiger partial charge in [0.2, 0.25) is 0 Å². The normalized spacial score (nSPS) is 14.4. The molecule has 208 valence electrons. The number of aromatic nitrogens is 4. The third-order valence-electron chi connectivity index (χ3n) is 8.98. The van der Waals surface area contributed by atoms with Crippen molar-refractivity contribution in [3.8, 4) is 45.0 Å². The number of para-hydroxylation sites is 2. The van der Waals surface area contributed by atoms with Crippen LogP contribution in [-0.2, 0) is 14.1 Å². The van der Waals surface area contributed by atoms with Crippen molar-refractivity contribution >= 4 is 27.9 Å². The van der Waals surface area contributed by atoms with Crippen LogP contribution in [0.15, 0.2) is 115 Å². The molecule has 1 unspecified atom stereocenters. The fraction of sp³-hybridized carbons (Fsp3) is 0.128. The Hall–Kier alpha value is -5.22. The average Bonchev–Trinajstić information content (AvgIpc) is 3.58. The summed E-state index contributed by atoms with van der Waals surface area (Å²) in [5.74, 6) is 2.50. The number of fused-ring (bicyclic) bond motifs is 3. The van der Waals surface area contributed by atoms with E-state index in [1.807, 2.05) is 6.07 Å². The van der Waals surface area contributed by atoms with Gasteiger partial charge in [-0.25, -0.2) is 9.97 Å². The molecule has 0 amide bonds. The maximum Gasteiger partial charge on any atom is 0.140 e. The summed E-state index contributed by atoms with van der Waals surface area (Å²) in [6.45, 7) is 2.28. The molecule has 0 saturated carbocycles. The molecule has 8 rings (SSSR count). The molecule has 0 spiro atoms. The largest absolute Gasteiger partial charge is 0.330 e. The molecule has 0 aliphatic heterocycles. The lowest BCUT2D eigenvalue weighted by Crippen LogP contribution is -2.05. The Labute approximate surface area is 251 Å². The second-order valence-corrected chi connectivity index (χ2v) is 11.7. The molecule has 43 heavy (non-hydrogen) atoms. The van der Waals surface area contributed by atoms with Crippen LogP contribution in [0.2, 0.25) is 0 Å². The van der Waals surface area contributed by atoms with E-state index < -0.39 is 0 Å². The first kappa shape index (κ1) is 25.5. The molecule has 1 atom stereocenters. The first-order valence-corrected chi connectivity index (χ1v) is 14.9. The molecule has 2 aromatic heterocycles. The van der Waals surface area contributed by atoms with Gasteiger partial charge in [-0.2, -0.15) is 0 Å². The van der Waals surface area contributed by atoms with E-state index in [4.69, 9.17) is 9.97 Å². The highest BCUT2D eigenvalue weighted by Crippen LogP contribution is 2.34. The van der Waals surface area contributed by atoms with Crippen molar-refractivity contribution in [2.24, 2.45) is 14.1 Å². The molecule has 1 aliphatic rings. The molecule has 5 aromatic carbocycles. The zero-order chi connectivity index (χ0) is 29.1. The smallest absolute Gasteiger partial charge is 0.140 e. The highest BCUT2D eigenvalue weighted by molar-refractivity contribution is 5.91. The zero-order valence-electron chi connectivity index (χ0n) is 24.6. The number of hydrogen-bond acceptors (Lipinski definition) is 2. The number of nitrogens with zero attached hydrogens (tertiary/aromatic N) is 4. The van der Waals surface area contributed by atoms with Crippen LogP contribution in [0.25, 0.3) is 72.9 Å². The van der Waals surface area contributed by atoms with Crippen molar-refractivity contribution in [2.45, 2.75) is 19.3 Å². The van der Waals surface area contributed by atoms with Gasteiger partial charge in [0.15, 0.2) is 0 Å². The van der Waals surface area contributed by atoms with Crippen LogP contribution in [0.3, 0.4) is 0 Å². The van der Waals surface area contributed by atoms with Crippen molar-refractivity contribution in [3.05, 3.63) is 127 Å².